The van der Waals surface area contributed by atoms with Gasteiger partial charge in [0.1, 0.15) is 10.6 Å². The molecule has 0 bridgehead atoms. The summed E-state index contributed by atoms with van der Waals surface area (Å²) in [5.41, 5.74) is 1.29. The maximum absolute atomic E-state index is 13.2. The lowest BCUT2D eigenvalue weighted by Gasteiger charge is -2.12. The second kappa shape index (κ2) is 8.45. The quantitative estimate of drug-likeness (QED) is 0.460. The molecule has 1 amide bonds. The zero-order chi connectivity index (χ0) is 20.4. The van der Waals surface area contributed by atoms with E-state index in [1.807, 2.05) is 20.8 Å². The van der Waals surface area contributed by atoms with E-state index in [2.05, 4.69) is 15.3 Å². The molecule has 1 aromatic carbocycles. The lowest BCUT2D eigenvalue weighted by molar-refractivity contribution is -0.120. The summed E-state index contributed by atoms with van der Waals surface area (Å²) in [7, 11) is 0. The average Bonchev–Trinajstić information content (AvgIpc) is 2.96. The number of carbonyl (C=O) groups excluding carboxylic acids is 1. The number of benzene rings is 1. The molecule has 0 aliphatic heterocycles. The predicted octanol–water partition coefficient (Wildman–Crippen LogP) is 4.35. The Morgan fingerprint density at radius 3 is 2.61 bits per heavy atom. The number of carbonyl (C=O) groups is 1. The van der Waals surface area contributed by atoms with Crippen LogP contribution in [0.2, 0.25) is 0 Å². The average molecular weight is 420 g/mol. The van der Waals surface area contributed by atoms with Crippen molar-refractivity contribution in [2.45, 2.75) is 38.1 Å². The third-order valence-corrected chi connectivity index (χ3v) is 6.17. The number of halogens is 1. The van der Waals surface area contributed by atoms with Crippen molar-refractivity contribution in [3.8, 4) is 11.1 Å². The van der Waals surface area contributed by atoms with Gasteiger partial charge in [-0.2, -0.15) is 0 Å². The normalized spacial score (nSPS) is 12.5. The molecule has 28 heavy (non-hydrogen) atoms. The van der Waals surface area contributed by atoms with E-state index in [1.165, 1.54) is 35.2 Å². The molecule has 2 heterocycles. The molecule has 0 aliphatic carbocycles. The van der Waals surface area contributed by atoms with Gasteiger partial charge in [-0.25, -0.2) is 9.37 Å². The number of aryl methyl sites for hydroxylation is 1. The van der Waals surface area contributed by atoms with Gasteiger partial charge < -0.3 is 10.3 Å². The summed E-state index contributed by atoms with van der Waals surface area (Å²) in [6.45, 7) is 8.37. The van der Waals surface area contributed by atoms with Gasteiger partial charge in [-0.05, 0) is 37.5 Å². The number of amides is 1. The first-order chi connectivity index (χ1) is 13.3. The number of hydrogen-bond donors (Lipinski definition) is 2. The molecule has 0 unspecified atom stereocenters. The molecule has 0 saturated carbocycles. The molecular weight excluding hydrogens is 397 g/mol. The Labute approximate surface area is 170 Å². The number of H-pyrrole nitrogens is 1. The molecule has 0 saturated heterocycles. The van der Waals surface area contributed by atoms with Crippen molar-refractivity contribution in [1.82, 2.24) is 15.3 Å². The minimum absolute atomic E-state index is 0.0872. The molecule has 0 fully saturated rings. The van der Waals surface area contributed by atoms with Crippen LogP contribution in [-0.4, -0.2) is 27.7 Å². The van der Waals surface area contributed by atoms with Crippen LogP contribution in [0, 0.1) is 18.7 Å². The largest absolute Gasteiger partial charge is 0.355 e. The van der Waals surface area contributed by atoms with Crippen molar-refractivity contribution in [3.05, 3.63) is 45.3 Å². The number of thiophene rings is 1. The molecule has 3 aromatic rings. The van der Waals surface area contributed by atoms with Gasteiger partial charge in [-0.15, -0.1) is 11.3 Å². The second-order valence-electron chi connectivity index (χ2n) is 6.99. The Balaban J connectivity index is 1.91. The van der Waals surface area contributed by atoms with Crippen LogP contribution < -0.4 is 10.9 Å². The number of rotatable bonds is 6. The predicted molar refractivity (Wildman–Crippen MR) is 114 cm³/mol. The van der Waals surface area contributed by atoms with Crippen LogP contribution in [0.15, 0.2) is 34.2 Å². The van der Waals surface area contributed by atoms with Crippen molar-refractivity contribution in [2.24, 2.45) is 5.92 Å². The van der Waals surface area contributed by atoms with E-state index in [4.69, 9.17) is 0 Å². The fraction of sp³-hybridized carbons (Fsp3) is 0.350. The molecule has 2 aromatic heterocycles. The molecule has 5 nitrogen and oxygen atoms in total. The van der Waals surface area contributed by atoms with Crippen LogP contribution in [0.1, 0.15) is 25.6 Å². The Morgan fingerprint density at radius 2 is 1.96 bits per heavy atom. The van der Waals surface area contributed by atoms with Crippen molar-refractivity contribution in [3.63, 3.8) is 0 Å². The molecule has 8 heteroatoms. The molecule has 148 valence electrons. The van der Waals surface area contributed by atoms with Crippen molar-refractivity contribution >= 4 is 39.2 Å². The summed E-state index contributed by atoms with van der Waals surface area (Å²) in [6, 6.07) is 6.07. The third-order valence-electron chi connectivity index (χ3n) is 4.19. The number of nitrogens with one attached hydrogen (secondary N) is 2. The van der Waals surface area contributed by atoms with E-state index < -0.39 is 0 Å². The molecule has 3 rings (SSSR count). The highest BCUT2D eigenvalue weighted by Gasteiger charge is 2.20. The van der Waals surface area contributed by atoms with Crippen LogP contribution in [-0.2, 0) is 4.79 Å². The van der Waals surface area contributed by atoms with E-state index in [9.17, 15) is 14.0 Å². The first-order valence-corrected chi connectivity index (χ1v) is 10.7. The number of thioether (sulfide) groups is 1. The van der Waals surface area contributed by atoms with E-state index in [0.717, 1.165) is 16.0 Å². The third kappa shape index (κ3) is 4.44. The van der Waals surface area contributed by atoms with Crippen LogP contribution in [0.5, 0.6) is 0 Å². The highest BCUT2D eigenvalue weighted by atomic mass is 32.2. The SMILES string of the molecule is Cc1sc2nc(S[C@H](C)C(=O)NCC(C)C)[nH]c(=O)c2c1-c1ccc(F)cc1. The van der Waals surface area contributed by atoms with Gasteiger partial charge in [0.15, 0.2) is 5.16 Å². The van der Waals surface area contributed by atoms with Gasteiger partial charge in [0.25, 0.3) is 5.56 Å². The zero-order valence-electron chi connectivity index (χ0n) is 16.1. The molecule has 0 spiro atoms. The Morgan fingerprint density at radius 1 is 1.29 bits per heavy atom. The second-order valence-corrected chi connectivity index (χ2v) is 9.52. The van der Waals surface area contributed by atoms with E-state index in [0.29, 0.717) is 27.8 Å². The minimum atomic E-state index is -0.378. The number of hydrogen-bond acceptors (Lipinski definition) is 5. The van der Waals surface area contributed by atoms with Crippen LogP contribution in [0.3, 0.4) is 0 Å². The first-order valence-electron chi connectivity index (χ1n) is 9.00. The lowest BCUT2D eigenvalue weighted by atomic mass is 10.0. The van der Waals surface area contributed by atoms with Gasteiger partial charge in [-0.3, -0.25) is 9.59 Å². The molecule has 2 N–H and O–H groups in total. The summed E-state index contributed by atoms with van der Waals surface area (Å²) in [6.07, 6.45) is 0. The van der Waals surface area contributed by atoms with Crippen molar-refractivity contribution in [2.75, 3.05) is 6.54 Å². The highest BCUT2D eigenvalue weighted by Crippen LogP contribution is 2.36. The van der Waals surface area contributed by atoms with Crippen LogP contribution >= 0.6 is 23.1 Å². The van der Waals surface area contributed by atoms with Gasteiger partial charge in [-0.1, -0.05) is 37.7 Å². The van der Waals surface area contributed by atoms with Crippen LogP contribution in [0.4, 0.5) is 4.39 Å². The fourth-order valence-electron chi connectivity index (χ4n) is 2.79. The van der Waals surface area contributed by atoms with Crippen LogP contribution in [0.25, 0.3) is 21.3 Å². The van der Waals surface area contributed by atoms with Gasteiger partial charge in [0.05, 0.1) is 10.6 Å². The topological polar surface area (TPSA) is 74.8 Å². The summed E-state index contributed by atoms with van der Waals surface area (Å²) in [4.78, 5) is 33.8. The fourth-order valence-corrected chi connectivity index (χ4v) is 4.71. The summed E-state index contributed by atoms with van der Waals surface area (Å²) >= 11 is 2.64. The smallest absolute Gasteiger partial charge is 0.260 e. The molecule has 0 aliphatic rings. The maximum Gasteiger partial charge on any atom is 0.260 e. The maximum atomic E-state index is 13.2. The summed E-state index contributed by atoms with van der Waals surface area (Å²) < 4.78 is 13.2. The zero-order valence-corrected chi connectivity index (χ0v) is 17.8. The molecule has 0 radical (unpaired) electrons. The van der Waals surface area contributed by atoms with E-state index >= 15 is 0 Å². The standard InChI is InChI=1S/C20H22FN3O2S2/c1-10(2)9-22-17(25)12(4)28-20-23-18(26)16-15(11(3)27-19(16)24-20)13-5-7-14(21)8-6-13/h5-8,10,12H,9H2,1-4H3,(H,22,25)(H,23,24,26)/t12-/m1/s1. The molecular formula is C20H22FN3O2S2. The monoisotopic (exact) mass is 419 g/mol. The number of aromatic nitrogens is 2. The summed E-state index contributed by atoms with van der Waals surface area (Å²) in [5.74, 6) is -0.0402. The van der Waals surface area contributed by atoms with Crippen molar-refractivity contribution in [1.29, 1.82) is 0 Å². The number of nitrogens with zero attached hydrogens (tertiary/aromatic N) is 1. The number of aromatic amines is 1. The number of fused-ring (bicyclic) bond motifs is 1. The summed E-state index contributed by atoms with van der Waals surface area (Å²) in [5, 5.41) is 3.42. The van der Waals surface area contributed by atoms with Gasteiger partial charge in [0.2, 0.25) is 5.91 Å². The molecule has 1 atom stereocenters. The van der Waals surface area contributed by atoms with E-state index in [1.54, 1.807) is 19.1 Å². The first kappa shape index (κ1) is 20.5. The lowest BCUT2D eigenvalue weighted by Crippen LogP contribution is -2.33. The minimum Gasteiger partial charge on any atom is -0.355 e. The Hall–Kier alpha value is -2.19. The Kier molecular flexibility index (Phi) is 6.20. The van der Waals surface area contributed by atoms with Gasteiger partial charge >= 0.3 is 0 Å². The van der Waals surface area contributed by atoms with E-state index in [-0.39, 0.29) is 22.5 Å². The van der Waals surface area contributed by atoms with Gasteiger partial charge in [0, 0.05) is 17.0 Å². The Bertz CT molecular complexity index is 1060. The van der Waals surface area contributed by atoms with Crippen molar-refractivity contribution < 1.29 is 9.18 Å². The highest BCUT2D eigenvalue weighted by molar-refractivity contribution is 8.00.